The molecule has 0 aliphatic rings. The summed E-state index contributed by atoms with van der Waals surface area (Å²) >= 11 is 0. The number of nitrogens with two attached hydrogens (primary N) is 1. The van der Waals surface area contributed by atoms with E-state index in [1.807, 2.05) is 43.1 Å². The van der Waals surface area contributed by atoms with Gasteiger partial charge in [0.25, 0.3) is 0 Å². The molecule has 0 aliphatic carbocycles. The first-order valence-electron chi connectivity index (χ1n) is 7.37. The van der Waals surface area contributed by atoms with Crippen molar-refractivity contribution >= 4 is 11.6 Å². The Morgan fingerprint density at radius 1 is 1.40 bits per heavy atom. The van der Waals surface area contributed by atoms with E-state index >= 15 is 0 Å². The fourth-order valence-corrected chi connectivity index (χ4v) is 2.05. The number of anilines is 1. The highest BCUT2D eigenvalue weighted by Gasteiger charge is 2.17. The summed E-state index contributed by atoms with van der Waals surface area (Å²) in [6.07, 6.45) is 3.38. The molecular weight excluding hydrogens is 250 g/mol. The average molecular weight is 277 g/mol. The maximum atomic E-state index is 12.0. The van der Waals surface area contributed by atoms with E-state index in [9.17, 15) is 4.79 Å². The van der Waals surface area contributed by atoms with Crippen molar-refractivity contribution in [1.82, 2.24) is 10.2 Å². The highest BCUT2D eigenvalue weighted by atomic mass is 16.2. The Labute approximate surface area is 122 Å². The van der Waals surface area contributed by atoms with E-state index in [-0.39, 0.29) is 11.9 Å². The summed E-state index contributed by atoms with van der Waals surface area (Å²) in [5.74, 6) is 0.0903. The molecule has 0 saturated heterocycles. The van der Waals surface area contributed by atoms with Crippen molar-refractivity contribution in [1.29, 1.82) is 0 Å². The smallest absolute Gasteiger partial charge is 0.237 e. The summed E-state index contributed by atoms with van der Waals surface area (Å²) in [4.78, 5) is 14.1. The van der Waals surface area contributed by atoms with Crippen LogP contribution in [0.4, 0.5) is 5.69 Å². The monoisotopic (exact) mass is 277 g/mol. The first kappa shape index (κ1) is 16.5. The van der Waals surface area contributed by atoms with Crippen LogP contribution < -0.4 is 11.1 Å². The van der Waals surface area contributed by atoms with E-state index in [0.717, 1.165) is 30.6 Å². The molecule has 0 aliphatic heterocycles. The van der Waals surface area contributed by atoms with E-state index < -0.39 is 0 Å². The summed E-state index contributed by atoms with van der Waals surface area (Å²) < 4.78 is 0. The Bertz CT molecular complexity index is 420. The zero-order valence-corrected chi connectivity index (χ0v) is 12.9. The van der Waals surface area contributed by atoms with Gasteiger partial charge in [-0.05, 0) is 38.1 Å². The van der Waals surface area contributed by atoms with Gasteiger partial charge in [-0.3, -0.25) is 9.69 Å². The van der Waals surface area contributed by atoms with Crippen molar-refractivity contribution in [3.05, 3.63) is 29.8 Å². The fraction of sp³-hybridized carbons (Fsp3) is 0.562. The Morgan fingerprint density at radius 2 is 2.15 bits per heavy atom. The third kappa shape index (κ3) is 5.61. The molecule has 1 rings (SSSR count). The molecule has 0 saturated carbocycles. The summed E-state index contributed by atoms with van der Waals surface area (Å²) in [6.45, 7) is 5.57. The number of nitrogens with zero attached hydrogens (tertiary/aromatic N) is 1. The topological polar surface area (TPSA) is 58.4 Å². The molecule has 112 valence electrons. The highest BCUT2D eigenvalue weighted by Crippen LogP contribution is 2.10. The SMILES string of the molecule is CCCCCNC(=O)C(C)N(C)Cc1cccc(N)c1. The zero-order chi connectivity index (χ0) is 15.0. The van der Waals surface area contributed by atoms with Gasteiger partial charge in [0.05, 0.1) is 6.04 Å². The molecule has 20 heavy (non-hydrogen) atoms. The Hall–Kier alpha value is -1.55. The van der Waals surface area contributed by atoms with E-state index in [4.69, 9.17) is 5.73 Å². The molecule has 4 nitrogen and oxygen atoms in total. The lowest BCUT2D eigenvalue weighted by atomic mass is 10.1. The minimum absolute atomic E-state index is 0.0903. The molecule has 1 aromatic rings. The van der Waals surface area contributed by atoms with Crippen LogP contribution in [0.1, 0.15) is 38.7 Å². The van der Waals surface area contributed by atoms with Crippen LogP contribution in [0.15, 0.2) is 24.3 Å². The van der Waals surface area contributed by atoms with Gasteiger partial charge in [-0.2, -0.15) is 0 Å². The van der Waals surface area contributed by atoms with Gasteiger partial charge in [0, 0.05) is 18.8 Å². The fourth-order valence-electron chi connectivity index (χ4n) is 2.05. The molecule has 1 unspecified atom stereocenters. The van der Waals surface area contributed by atoms with Crippen LogP contribution in [0.5, 0.6) is 0 Å². The molecule has 1 aromatic carbocycles. The average Bonchev–Trinajstić information content (AvgIpc) is 2.42. The van der Waals surface area contributed by atoms with Gasteiger partial charge in [0.15, 0.2) is 0 Å². The van der Waals surface area contributed by atoms with E-state index in [2.05, 4.69) is 12.2 Å². The summed E-state index contributed by atoms with van der Waals surface area (Å²) in [5, 5.41) is 2.99. The van der Waals surface area contributed by atoms with Gasteiger partial charge in [-0.15, -0.1) is 0 Å². The molecule has 0 aromatic heterocycles. The largest absolute Gasteiger partial charge is 0.399 e. The number of likely N-dealkylation sites (N-methyl/N-ethyl adjacent to an activating group) is 1. The lowest BCUT2D eigenvalue weighted by Crippen LogP contribution is -2.43. The van der Waals surface area contributed by atoms with Crippen molar-refractivity contribution in [2.45, 2.75) is 45.7 Å². The van der Waals surface area contributed by atoms with Crippen LogP contribution >= 0.6 is 0 Å². The number of benzene rings is 1. The summed E-state index contributed by atoms with van der Waals surface area (Å²) in [5.41, 5.74) is 7.65. The van der Waals surface area contributed by atoms with Crippen molar-refractivity contribution < 1.29 is 4.79 Å². The van der Waals surface area contributed by atoms with Gasteiger partial charge in [0.2, 0.25) is 5.91 Å². The minimum atomic E-state index is -0.141. The second-order valence-corrected chi connectivity index (χ2v) is 5.33. The minimum Gasteiger partial charge on any atom is -0.399 e. The number of unbranched alkanes of at least 4 members (excludes halogenated alkanes) is 2. The zero-order valence-electron chi connectivity index (χ0n) is 12.9. The Morgan fingerprint density at radius 3 is 2.80 bits per heavy atom. The van der Waals surface area contributed by atoms with Gasteiger partial charge in [-0.1, -0.05) is 31.9 Å². The number of nitrogens with one attached hydrogen (secondary N) is 1. The predicted molar refractivity (Wildman–Crippen MR) is 84.3 cm³/mol. The van der Waals surface area contributed by atoms with Crippen LogP contribution in [0, 0.1) is 0 Å². The van der Waals surface area contributed by atoms with Crippen LogP contribution in [-0.4, -0.2) is 30.4 Å². The van der Waals surface area contributed by atoms with Crippen LogP contribution in [0.25, 0.3) is 0 Å². The maximum absolute atomic E-state index is 12.0. The number of rotatable bonds is 8. The molecule has 0 heterocycles. The quantitative estimate of drug-likeness (QED) is 0.566. The number of hydrogen-bond acceptors (Lipinski definition) is 3. The first-order chi connectivity index (χ1) is 9.54. The molecule has 0 fully saturated rings. The Balaban J connectivity index is 2.41. The summed E-state index contributed by atoms with van der Waals surface area (Å²) in [6, 6.07) is 7.64. The van der Waals surface area contributed by atoms with Crippen LogP contribution in [-0.2, 0) is 11.3 Å². The second-order valence-electron chi connectivity index (χ2n) is 5.33. The van der Waals surface area contributed by atoms with Crippen LogP contribution in [0.2, 0.25) is 0 Å². The third-order valence-electron chi connectivity index (χ3n) is 3.50. The third-order valence-corrected chi connectivity index (χ3v) is 3.50. The molecule has 0 radical (unpaired) electrons. The summed E-state index contributed by atoms with van der Waals surface area (Å²) in [7, 11) is 1.96. The van der Waals surface area contributed by atoms with E-state index in [0.29, 0.717) is 6.54 Å². The number of nitrogen functional groups attached to an aromatic ring is 1. The molecule has 0 spiro atoms. The lowest BCUT2D eigenvalue weighted by Gasteiger charge is -2.24. The predicted octanol–water partition coefficient (Wildman–Crippen LogP) is 2.40. The molecular formula is C16H27N3O. The Kier molecular flexibility index (Phi) is 7.09. The first-order valence-corrected chi connectivity index (χ1v) is 7.37. The van der Waals surface area contributed by atoms with Crippen molar-refractivity contribution in [3.8, 4) is 0 Å². The van der Waals surface area contributed by atoms with Crippen molar-refractivity contribution in [2.75, 3.05) is 19.3 Å². The van der Waals surface area contributed by atoms with Crippen LogP contribution in [0.3, 0.4) is 0 Å². The van der Waals surface area contributed by atoms with E-state index in [1.54, 1.807) is 0 Å². The standard InChI is InChI=1S/C16H27N3O/c1-4-5-6-10-18-16(20)13(2)19(3)12-14-8-7-9-15(17)11-14/h7-9,11,13H,4-6,10,12,17H2,1-3H3,(H,18,20). The van der Waals surface area contributed by atoms with Crippen molar-refractivity contribution in [2.24, 2.45) is 0 Å². The highest BCUT2D eigenvalue weighted by molar-refractivity contribution is 5.81. The van der Waals surface area contributed by atoms with Gasteiger partial charge in [-0.25, -0.2) is 0 Å². The number of carbonyl (C=O) groups is 1. The molecule has 1 amide bonds. The van der Waals surface area contributed by atoms with Gasteiger partial charge < -0.3 is 11.1 Å². The molecule has 1 atom stereocenters. The molecule has 0 bridgehead atoms. The molecule has 3 N–H and O–H groups in total. The number of hydrogen-bond donors (Lipinski definition) is 2. The second kappa shape index (κ2) is 8.59. The number of amides is 1. The van der Waals surface area contributed by atoms with Gasteiger partial charge >= 0.3 is 0 Å². The van der Waals surface area contributed by atoms with Crippen molar-refractivity contribution in [3.63, 3.8) is 0 Å². The number of carbonyl (C=O) groups excluding carboxylic acids is 1. The maximum Gasteiger partial charge on any atom is 0.237 e. The van der Waals surface area contributed by atoms with Gasteiger partial charge in [0.1, 0.15) is 0 Å². The normalized spacial score (nSPS) is 12.4. The van der Waals surface area contributed by atoms with E-state index in [1.165, 1.54) is 6.42 Å². The molecule has 4 heteroatoms. The lowest BCUT2D eigenvalue weighted by molar-refractivity contribution is -0.125.